The number of nitrogens with one attached hydrogen (secondary N) is 2. The van der Waals surface area contributed by atoms with E-state index in [-0.39, 0.29) is 12.5 Å². The van der Waals surface area contributed by atoms with Gasteiger partial charge in [-0.1, -0.05) is 31.9 Å². The molecule has 0 fully saturated rings. The number of carboxylic acid groups (broad SMARTS) is 1. The van der Waals surface area contributed by atoms with E-state index in [1.807, 2.05) is 6.92 Å². The van der Waals surface area contributed by atoms with Gasteiger partial charge < -0.3 is 20.5 Å². The summed E-state index contributed by atoms with van der Waals surface area (Å²) in [5.41, 5.74) is 1.21. The van der Waals surface area contributed by atoms with E-state index in [0.29, 0.717) is 18.5 Å². The van der Waals surface area contributed by atoms with Crippen molar-refractivity contribution in [1.82, 2.24) is 10.6 Å². The van der Waals surface area contributed by atoms with Crippen LogP contribution in [0.5, 0.6) is 0 Å². The molecule has 0 aromatic heterocycles. The molecule has 1 atom stereocenters. The van der Waals surface area contributed by atoms with Crippen LogP contribution in [0.25, 0.3) is 0 Å². The van der Waals surface area contributed by atoms with Crippen LogP contribution in [0.3, 0.4) is 0 Å². The minimum absolute atomic E-state index is 0.00513. The van der Waals surface area contributed by atoms with Crippen molar-refractivity contribution in [3.63, 3.8) is 0 Å². The lowest BCUT2D eigenvalue weighted by Gasteiger charge is -2.14. The monoisotopic (exact) mass is 336 g/mol. The fraction of sp³-hybridized carbons (Fsp3) is 0.471. The molecule has 0 aliphatic rings. The molecule has 1 unspecified atom stereocenters. The number of carboxylic acids is 1. The van der Waals surface area contributed by atoms with Crippen LogP contribution in [0.2, 0.25) is 0 Å². The molecule has 0 bridgehead atoms. The standard InChI is InChI=1S/C17H24N2O5/c1-3-4-5-14(17(22)23)19-16(21)13-8-6-12(7-9-13)10-18-15(20)11-24-2/h6-9,14H,3-5,10-11H2,1-2H3,(H,18,20)(H,19,21)(H,22,23). The zero-order chi connectivity index (χ0) is 17.9. The number of rotatable bonds is 10. The Balaban J connectivity index is 2.59. The number of aliphatic carboxylic acids is 1. The number of amides is 2. The number of methoxy groups -OCH3 is 1. The molecule has 0 radical (unpaired) electrons. The molecule has 7 heteroatoms. The average Bonchev–Trinajstić information content (AvgIpc) is 2.57. The summed E-state index contributed by atoms with van der Waals surface area (Å²) in [6, 6.07) is 5.75. The summed E-state index contributed by atoms with van der Waals surface area (Å²) in [7, 11) is 1.44. The summed E-state index contributed by atoms with van der Waals surface area (Å²) < 4.78 is 4.71. The van der Waals surface area contributed by atoms with Crippen molar-refractivity contribution in [1.29, 1.82) is 0 Å². The maximum absolute atomic E-state index is 12.1. The highest BCUT2D eigenvalue weighted by Crippen LogP contribution is 2.07. The van der Waals surface area contributed by atoms with Crippen molar-refractivity contribution in [2.75, 3.05) is 13.7 Å². The van der Waals surface area contributed by atoms with E-state index in [0.717, 1.165) is 18.4 Å². The molecular formula is C17H24N2O5. The first-order chi connectivity index (χ1) is 11.5. The van der Waals surface area contributed by atoms with E-state index >= 15 is 0 Å². The topological polar surface area (TPSA) is 105 Å². The normalized spacial score (nSPS) is 11.6. The van der Waals surface area contributed by atoms with E-state index in [4.69, 9.17) is 9.84 Å². The third-order valence-corrected chi connectivity index (χ3v) is 3.43. The maximum atomic E-state index is 12.1. The first-order valence-corrected chi connectivity index (χ1v) is 7.86. The largest absolute Gasteiger partial charge is 0.480 e. The predicted molar refractivity (Wildman–Crippen MR) is 88.6 cm³/mol. The maximum Gasteiger partial charge on any atom is 0.326 e. The molecule has 3 N–H and O–H groups in total. The van der Waals surface area contributed by atoms with E-state index in [1.54, 1.807) is 24.3 Å². The zero-order valence-corrected chi connectivity index (χ0v) is 14.0. The van der Waals surface area contributed by atoms with E-state index in [2.05, 4.69) is 10.6 Å². The van der Waals surface area contributed by atoms with Gasteiger partial charge in [0.15, 0.2) is 0 Å². The van der Waals surface area contributed by atoms with Crippen molar-refractivity contribution in [3.05, 3.63) is 35.4 Å². The Kier molecular flexibility index (Phi) is 8.49. The van der Waals surface area contributed by atoms with Crippen LogP contribution in [0.4, 0.5) is 0 Å². The molecule has 1 rings (SSSR count). The minimum atomic E-state index is -1.03. The molecule has 132 valence electrons. The van der Waals surface area contributed by atoms with E-state index < -0.39 is 17.9 Å². The summed E-state index contributed by atoms with van der Waals surface area (Å²) >= 11 is 0. The number of hydrogen-bond donors (Lipinski definition) is 3. The van der Waals surface area contributed by atoms with Gasteiger partial charge in [-0.05, 0) is 24.1 Å². The van der Waals surface area contributed by atoms with E-state index in [1.165, 1.54) is 7.11 Å². The van der Waals surface area contributed by atoms with Crippen LogP contribution in [-0.2, 0) is 20.9 Å². The Morgan fingerprint density at radius 2 is 1.88 bits per heavy atom. The fourth-order valence-corrected chi connectivity index (χ4v) is 2.06. The van der Waals surface area contributed by atoms with Crippen LogP contribution in [-0.4, -0.2) is 42.6 Å². The Labute approximate surface area is 141 Å². The van der Waals surface area contributed by atoms with Gasteiger partial charge in [0.05, 0.1) is 0 Å². The highest BCUT2D eigenvalue weighted by Gasteiger charge is 2.19. The third kappa shape index (κ3) is 6.78. The lowest BCUT2D eigenvalue weighted by molar-refractivity contribution is -0.139. The lowest BCUT2D eigenvalue weighted by Crippen LogP contribution is -2.40. The highest BCUT2D eigenvalue weighted by atomic mass is 16.5. The summed E-state index contributed by atoms with van der Waals surface area (Å²) in [6.45, 7) is 2.29. The fourth-order valence-electron chi connectivity index (χ4n) is 2.06. The second-order valence-corrected chi connectivity index (χ2v) is 5.41. The number of ether oxygens (including phenoxy) is 1. The summed E-state index contributed by atoms with van der Waals surface area (Å²) in [5.74, 6) is -1.68. The third-order valence-electron chi connectivity index (χ3n) is 3.43. The number of carbonyl (C=O) groups excluding carboxylic acids is 2. The Morgan fingerprint density at radius 1 is 1.21 bits per heavy atom. The van der Waals surface area contributed by atoms with Crippen LogP contribution >= 0.6 is 0 Å². The van der Waals surface area contributed by atoms with Crippen LogP contribution in [0, 0.1) is 0 Å². The lowest BCUT2D eigenvalue weighted by atomic mass is 10.1. The number of hydrogen-bond acceptors (Lipinski definition) is 4. The SMILES string of the molecule is CCCCC(NC(=O)c1ccc(CNC(=O)COC)cc1)C(=O)O. The Hall–Kier alpha value is -2.41. The highest BCUT2D eigenvalue weighted by molar-refractivity contribution is 5.96. The van der Waals surface area contributed by atoms with Crippen molar-refractivity contribution in [3.8, 4) is 0 Å². The van der Waals surface area contributed by atoms with Crippen LogP contribution in [0.15, 0.2) is 24.3 Å². The molecule has 0 aliphatic heterocycles. The molecule has 7 nitrogen and oxygen atoms in total. The molecule has 1 aromatic rings. The molecule has 0 saturated carbocycles. The molecule has 0 heterocycles. The van der Waals surface area contributed by atoms with Gasteiger partial charge in [-0.15, -0.1) is 0 Å². The molecular weight excluding hydrogens is 312 g/mol. The van der Waals surface area contributed by atoms with Crippen molar-refractivity contribution >= 4 is 17.8 Å². The minimum Gasteiger partial charge on any atom is -0.480 e. The molecule has 0 aliphatic carbocycles. The van der Waals surface area contributed by atoms with Gasteiger partial charge in [-0.3, -0.25) is 9.59 Å². The Bertz CT molecular complexity index is 557. The van der Waals surface area contributed by atoms with Gasteiger partial charge >= 0.3 is 5.97 Å². The molecule has 0 saturated heterocycles. The summed E-state index contributed by atoms with van der Waals surface area (Å²) in [6.07, 6.45) is 2.00. The second kappa shape index (κ2) is 10.4. The second-order valence-electron chi connectivity index (χ2n) is 5.41. The van der Waals surface area contributed by atoms with Gasteiger partial charge in [0.1, 0.15) is 12.6 Å². The van der Waals surface area contributed by atoms with Crippen molar-refractivity contribution in [2.24, 2.45) is 0 Å². The van der Waals surface area contributed by atoms with Gasteiger partial charge in [-0.2, -0.15) is 0 Å². The molecule has 24 heavy (non-hydrogen) atoms. The average molecular weight is 336 g/mol. The smallest absolute Gasteiger partial charge is 0.326 e. The first kappa shape index (κ1) is 19.6. The molecule has 2 amide bonds. The van der Waals surface area contributed by atoms with Gasteiger partial charge in [0, 0.05) is 19.2 Å². The van der Waals surface area contributed by atoms with Crippen molar-refractivity contribution in [2.45, 2.75) is 38.8 Å². The zero-order valence-electron chi connectivity index (χ0n) is 14.0. The number of unbranched alkanes of at least 4 members (excludes halogenated alkanes) is 1. The van der Waals surface area contributed by atoms with Gasteiger partial charge in [0.25, 0.3) is 5.91 Å². The number of carbonyl (C=O) groups is 3. The number of benzene rings is 1. The van der Waals surface area contributed by atoms with E-state index in [9.17, 15) is 14.4 Å². The Morgan fingerprint density at radius 3 is 2.42 bits per heavy atom. The van der Waals surface area contributed by atoms with Gasteiger partial charge in [-0.25, -0.2) is 4.79 Å². The molecule has 0 spiro atoms. The summed E-state index contributed by atoms with van der Waals surface area (Å²) in [5, 5.41) is 14.3. The predicted octanol–water partition coefficient (Wildman–Crippen LogP) is 1.32. The van der Waals surface area contributed by atoms with Crippen LogP contribution in [0.1, 0.15) is 42.1 Å². The summed E-state index contributed by atoms with van der Waals surface area (Å²) in [4.78, 5) is 34.6. The molecule has 1 aromatic carbocycles. The quantitative estimate of drug-likeness (QED) is 0.598. The van der Waals surface area contributed by atoms with Gasteiger partial charge in [0.2, 0.25) is 5.91 Å². The first-order valence-electron chi connectivity index (χ1n) is 7.86. The van der Waals surface area contributed by atoms with Crippen molar-refractivity contribution < 1.29 is 24.2 Å². The van der Waals surface area contributed by atoms with Crippen LogP contribution < -0.4 is 10.6 Å².